The average Bonchev–Trinajstić information content (AvgIpc) is 3.21. The number of benzene rings is 1. The molecule has 0 saturated heterocycles. The van der Waals surface area contributed by atoms with Gasteiger partial charge in [-0.15, -0.1) is 5.10 Å². The Bertz CT molecular complexity index is 987. The van der Waals surface area contributed by atoms with E-state index >= 15 is 0 Å². The highest BCUT2D eigenvalue weighted by Crippen LogP contribution is 2.45. The molecule has 0 N–H and O–H groups in total. The first-order valence-electron chi connectivity index (χ1n) is 7.70. The third-order valence-corrected chi connectivity index (χ3v) is 4.42. The summed E-state index contributed by atoms with van der Waals surface area (Å²) in [5.74, 6) is -0.354. The number of furan rings is 1. The molecule has 25 heavy (non-hydrogen) atoms. The molecule has 1 atom stereocenters. The molecule has 2 aliphatic heterocycles. The van der Waals surface area contributed by atoms with Crippen molar-refractivity contribution in [2.24, 2.45) is 5.10 Å². The summed E-state index contributed by atoms with van der Waals surface area (Å²) >= 11 is 0. The van der Waals surface area contributed by atoms with Crippen LogP contribution in [-0.4, -0.2) is 28.4 Å². The van der Waals surface area contributed by atoms with Crippen LogP contribution in [0.2, 0.25) is 0 Å². The molecule has 3 heterocycles. The minimum absolute atomic E-state index is 0.0757. The molecule has 0 spiro atoms. The van der Waals surface area contributed by atoms with E-state index in [2.05, 4.69) is 5.10 Å². The Morgan fingerprint density at radius 3 is 2.52 bits per heavy atom. The Morgan fingerprint density at radius 2 is 1.88 bits per heavy atom. The Morgan fingerprint density at radius 1 is 1.16 bits per heavy atom. The van der Waals surface area contributed by atoms with Crippen molar-refractivity contribution in [3.8, 4) is 0 Å². The van der Waals surface area contributed by atoms with E-state index in [0.29, 0.717) is 22.5 Å². The highest BCUT2D eigenvalue weighted by atomic mass is 16.6. The lowest BCUT2D eigenvalue weighted by Gasteiger charge is -2.26. The van der Waals surface area contributed by atoms with Crippen LogP contribution in [0.3, 0.4) is 0 Å². The Kier molecular flexibility index (Phi) is 3.00. The van der Waals surface area contributed by atoms with Crippen LogP contribution in [-0.2, 0) is 15.3 Å². The fourth-order valence-electron chi connectivity index (χ4n) is 3.19. The van der Waals surface area contributed by atoms with E-state index in [1.165, 1.54) is 19.9 Å². The molecule has 126 valence electrons. The Hall–Kier alpha value is -3.22. The number of amides is 1. The molecule has 1 unspecified atom stereocenters. The molecule has 2 aromatic rings. The quantitative estimate of drug-likeness (QED) is 0.802. The SMILES string of the molecule is CC(=O)c1cc(C2=NN3C(=O)c4ccccc4C3(C(C)=O)O2)c(C)o1. The molecule has 1 amide bonds. The number of nitrogens with zero attached hydrogens (tertiary/aromatic N) is 2. The first kappa shape index (κ1) is 15.3. The number of aryl methyl sites for hydroxylation is 1. The van der Waals surface area contributed by atoms with Crippen molar-refractivity contribution in [1.82, 2.24) is 5.01 Å². The number of fused-ring (bicyclic) bond motifs is 3. The van der Waals surface area contributed by atoms with Crippen LogP contribution in [0.5, 0.6) is 0 Å². The third-order valence-electron chi connectivity index (χ3n) is 4.42. The predicted octanol–water partition coefficient (Wildman–Crippen LogP) is 2.38. The molecule has 0 saturated carbocycles. The van der Waals surface area contributed by atoms with Crippen LogP contribution in [0.4, 0.5) is 0 Å². The molecular weight excluding hydrogens is 324 g/mol. The lowest BCUT2D eigenvalue weighted by atomic mass is 9.98. The number of hydrogen-bond acceptors (Lipinski definition) is 6. The van der Waals surface area contributed by atoms with Gasteiger partial charge >= 0.3 is 0 Å². The summed E-state index contributed by atoms with van der Waals surface area (Å²) in [5.41, 5.74) is -0.332. The number of ketones is 2. The van der Waals surface area contributed by atoms with E-state index in [4.69, 9.17) is 9.15 Å². The monoisotopic (exact) mass is 338 g/mol. The van der Waals surface area contributed by atoms with Crippen molar-refractivity contribution in [1.29, 1.82) is 0 Å². The highest BCUT2D eigenvalue weighted by Gasteiger charge is 2.60. The molecule has 0 fully saturated rings. The summed E-state index contributed by atoms with van der Waals surface area (Å²) in [7, 11) is 0. The fourth-order valence-corrected chi connectivity index (χ4v) is 3.19. The van der Waals surface area contributed by atoms with Crippen molar-refractivity contribution in [3.05, 3.63) is 58.5 Å². The van der Waals surface area contributed by atoms with E-state index in [9.17, 15) is 14.4 Å². The summed E-state index contributed by atoms with van der Waals surface area (Å²) in [4.78, 5) is 36.7. The lowest BCUT2D eigenvalue weighted by Crippen LogP contribution is -2.44. The van der Waals surface area contributed by atoms with Crippen LogP contribution in [0, 0.1) is 6.92 Å². The van der Waals surface area contributed by atoms with Gasteiger partial charge in [-0.05, 0) is 13.0 Å². The van der Waals surface area contributed by atoms with Gasteiger partial charge in [0.05, 0.1) is 11.1 Å². The maximum Gasteiger partial charge on any atom is 0.292 e. The van der Waals surface area contributed by atoms with Crippen molar-refractivity contribution in [2.45, 2.75) is 26.5 Å². The zero-order valence-electron chi connectivity index (χ0n) is 13.8. The van der Waals surface area contributed by atoms with Crippen LogP contribution in [0.15, 0.2) is 39.9 Å². The fraction of sp³-hybridized carbons (Fsp3) is 0.222. The molecule has 0 aliphatic carbocycles. The minimum Gasteiger partial charge on any atom is -0.457 e. The van der Waals surface area contributed by atoms with E-state index in [0.717, 1.165) is 5.01 Å². The van der Waals surface area contributed by atoms with E-state index in [-0.39, 0.29) is 23.2 Å². The number of carbonyl (C=O) groups is 3. The zero-order valence-corrected chi connectivity index (χ0v) is 13.8. The molecule has 0 radical (unpaired) electrons. The summed E-state index contributed by atoms with van der Waals surface area (Å²) in [6, 6.07) is 8.27. The first-order valence-corrected chi connectivity index (χ1v) is 7.70. The molecule has 2 aliphatic rings. The Labute approximate surface area is 142 Å². The lowest BCUT2D eigenvalue weighted by molar-refractivity contribution is -0.144. The van der Waals surface area contributed by atoms with Crippen molar-refractivity contribution < 1.29 is 23.5 Å². The van der Waals surface area contributed by atoms with Gasteiger partial charge in [0.15, 0.2) is 11.5 Å². The molecule has 0 bridgehead atoms. The van der Waals surface area contributed by atoms with Crippen molar-refractivity contribution >= 4 is 23.4 Å². The number of rotatable bonds is 3. The standard InChI is InChI=1S/C18H14N2O5/c1-9(21)15-8-13(10(2)24-15)16-19-20-17(23)12-6-4-5-7-14(12)18(20,25-16)11(3)22/h4-8H,1-3H3. The van der Waals surface area contributed by atoms with Gasteiger partial charge < -0.3 is 9.15 Å². The van der Waals surface area contributed by atoms with Crippen LogP contribution in [0.25, 0.3) is 0 Å². The van der Waals surface area contributed by atoms with Gasteiger partial charge in [-0.25, -0.2) is 0 Å². The van der Waals surface area contributed by atoms with Crippen LogP contribution < -0.4 is 0 Å². The number of ether oxygens (including phenoxy) is 1. The van der Waals surface area contributed by atoms with Gasteiger partial charge in [-0.3, -0.25) is 14.4 Å². The Balaban J connectivity index is 1.86. The maximum atomic E-state index is 12.7. The molecular formula is C18H14N2O5. The smallest absolute Gasteiger partial charge is 0.292 e. The normalized spacial score (nSPS) is 20.8. The first-order chi connectivity index (χ1) is 11.9. The highest BCUT2D eigenvalue weighted by molar-refractivity contribution is 6.11. The largest absolute Gasteiger partial charge is 0.457 e. The van der Waals surface area contributed by atoms with E-state index < -0.39 is 11.6 Å². The third kappa shape index (κ3) is 1.86. The van der Waals surface area contributed by atoms with Gasteiger partial charge in [0.1, 0.15) is 5.76 Å². The summed E-state index contributed by atoms with van der Waals surface area (Å²) in [5, 5.41) is 5.29. The van der Waals surface area contributed by atoms with Gasteiger partial charge in [0, 0.05) is 25.5 Å². The topological polar surface area (TPSA) is 89.2 Å². The number of Topliss-reactive ketones (excluding diaryl/α,β-unsaturated/α-hetero) is 2. The second-order valence-electron chi connectivity index (χ2n) is 6.01. The molecule has 4 rings (SSSR count). The second-order valence-corrected chi connectivity index (χ2v) is 6.01. The van der Waals surface area contributed by atoms with Crippen LogP contribution in [0.1, 0.15) is 51.6 Å². The molecule has 1 aromatic carbocycles. The minimum atomic E-state index is -1.61. The molecule has 7 nitrogen and oxygen atoms in total. The average molecular weight is 338 g/mol. The van der Waals surface area contributed by atoms with Crippen molar-refractivity contribution in [2.75, 3.05) is 0 Å². The van der Waals surface area contributed by atoms with Gasteiger partial charge in [-0.2, -0.15) is 5.01 Å². The maximum absolute atomic E-state index is 12.7. The van der Waals surface area contributed by atoms with Gasteiger partial charge in [0.2, 0.25) is 11.7 Å². The van der Waals surface area contributed by atoms with Gasteiger partial charge in [-0.1, -0.05) is 18.2 Å². The summed E-state index contributed by atoms with van der Waals surface area (Å²) < 4.78 is 11.3. The molecule has 1 aromatic heterocycles. The second kappa shape index (κ2) is 4.89. The summed E-state index contributed by atoms with van der Waals surface area (Å²) in [6.45, 7) is 4.39. The van der Waals surface area contributed by atoms with Crippen LogP contribution >= 0.6 is 0 Å². The number of hydrazone groups is 1. The van der Waals surface area contributed by atoms with E-state index in [1.54, 1.807) is 31.2 Å². The zero-order chi connectivity index (χ0) is 17.9. The van der Waals surface area contributed by atoms with Gasteiger partial charge in [0.25, 0.3) is 11.6 Å². The molecule has 7 heteroatoms. The number of hydrogen-bond donors (Lipinski definition) is 0. The van der Waals surface area contributed by atoms with E-state index in [1.807, 2.05) is 0 Å². The number of carbonyl (C=O) groups excluding carboxylic acids is 3. The van der Waals surface area contributed by atoms with Crippen molar-refractivity contribution in [3.63, 3.8) is 0 Å². The summed E-state index contributed by atoms with van der Waals surface area (Å²) in [6.07, 6.45) is 0. The predicted molar refractivity (Wildman–Crippen MR) is 86.0 cm³/mol.